The highest BCUT2D eigenvalue weighted by Crippen LogP contribution is 2.44. The van der Waals surface area contributed by atoms with Gasteiger partial charge < -0.3 is 20.5 Å². The second-order valence-electron chi connectivity index (χ2n) is 9.29. The molecule has 7 nitrogen and oxygen atoms in total. The lowest BCUT2D eigenvalue weighted by Crippen LogP contribution is -2.44. The van der Waals surface area contributed by atoms with Gasteiger partial charge in [0.25, 0.3) is 0 Å². The third-order valence-corrected chi connectivity index (χ3v) is 6.78. The van der Waals surface area contributed by atoms with E-state index in [9.17, 15) is 14.4 Å². The molecule has 2 aliphatic carbocycles. The van der Waals surface area contributed by atoms with Crippen molar-refractivity contribution in [2.75, 3.05) is 13.2 Å². The van der Waals surface area contributed by atoms with Crippen LogP contribution in [0.15, 0.2) is 48.5 Å². The molecule has 0 aliphatic heterocycles. The van der Waals surface area contributed by atoms with Gasteiger partial charge in [0, 0.05) is 18.5 Å². The molecule has 2 aliphatic rings. The minimum absolute atomic E-state index is 0.0231. The molecule has 1 unspecified atom stereocenters. The first-order valence-electron chi connectivity index (χ1n) is 12.1. The van der Waals surface area contributed by atoms with Crippen LogP contribution >= 0.6 is 0 Å². The number of carboxylic acids is 1. The van der Waals surface area contributed by atoms with Crippen molar-refractivity contribution in [2.45, 2.75) is 51.0 Å². The maximum atomic E-state index is 12.8. The number of carbonyl (C=O) groups is 3. The number of ether oxygens (including phenoxy) is 1. The lowest BCUT2D eigenvalue weighted by molar-refractivity contribution is -0.137. The highest BCUT2D eigenvalue weighted by molar-refractivity contribution is 5.81. The number of hydrogen-bond acceptors (Lipinski definition) is 4. The van der Waals surface area contributed by atoms with Gasteiger partial charge in [0.05, 0.1) is 12.3 Å². The van der Waals surface area contributed by atoms with Crippen LogP contribution in [0.25, 0.3) is 11.1 Å². The zero-order valence-electron chi connectivity index (χ0n) is 19.5. The fourth-order valence-electron chi connectivity index (χ4n) is 4.72. The topological polar surface area (TPSA) is 105 Å². The molecule has 0 saturated heterocycles. The summed E-state index contributed by atoms with van der Waals surface area (Å²) in [5.74, 6) is -1.10. The lowest BCUT2D eigenvalue weighted by atomic mass is 9.98. The minimum Gasteiger partial charge on any atom is -0.481 e. The second kappa shape index (κ2) is 10.7. The van der Waals surface area contributed by atoms with Crippen LogP contribution < -0.4 is 10.6 Å². The number of amides is 2. The van der Waals surface area contributed by atoms with Gasteiger partial charge in [-0.1, -0.05) is 68.3 Å². The summed E-state index contributed by atoms with van der Waals surface area (Å²) < 4.78 is 5.59. The third kappa shape index (κ3) is 5.76. The number of aliphatic carboxylic acids is 1. The number of fused-ring (bicyclic) bond motifs is 3. The van der Waals surface area contributed by atoms with Gasteiger partial charge in [-0.05, 0) is 41.0 Å². The number of carbonyl (C=O) groups excluding carboxylic acids is 2. The first-order valence-corrected chi connectivity index (χ1v) is 12.1. The largest absolute Gasteiger partial charge is 0.481 e. The van der Waals surface area contributed by atoms with E-state index in [1.165, 1.54) is 11.1 Å². The molecule has 2 amide bonds. The van der Waals surface area contributed by atoms with Gasteiger partial charge in [0.2, 0.25) is 5.91 Å². The Hall–Kier alpha value is -3.35. The van der Waals surface area contributed by atoms with Gasteiger partial charge in [0.1, 0.15) is 6.61 Å². The molecule has 0 spiro atoms. The molecular weight excluding hydrogens is 432 g/mol. The number of alkyl carbamates (subject to hydrolysis) is 1. The van der Waals surface area contributed by atoms with Crippen molar-refractivity contribution >= 4 is 18.0 Å². The molecule has 3 N–H and O–H groups in total. The van der Waals surface area contributed by atoms with Gasteiger partial charge in [-0.3, -0.25) is 9.59 Å². The fraction of sp³-hybridized carbons (Fsp3) is 0.444. The zero-order chi connectivity index (χ0) is 24.1. The van der Waals surface area contributed by atoms with Gasteiger partial charge in [-0.2, -0.15) is 0 Å². The van der Waals surface area contributed by atoms with E-state index in [1.54, 1.807) is 0 Å². The van der Waals surface area contributed by atoms with E-state index in [4.69, 9.17) is 9.84 Å². The molecule has 7 heteroatoms. The van der Waals surface area contributed by atoms with Crippen molar-refractivity contribution in [1.82, 2.24) is 10.6 Å². The second-order valence-corrected chi connectivity index (χ2v) is 9.29. The normalized spacial score (nSPS) is 16.1. The van der Waals surface area contributed by atoms with E-state index in [0.29, 0.717) is 18.8 Å². The summed E-state index contributed by atoms with van der Waals surface area (Å²) in [5, 5.41) is 14.6. The highest BCUT2D eigenvalue weighted by Gasteiger charge is 2.32. The molecule has 0 heterocycles. The molecular formula is C27H32N2O5. The average molecular weight is 465 g/mol. The van der Waals surface area contributed by atoms with Gasteiger partial charge in [-0.15, -0.1) is 0 Å². The molecule has 34 heavy (non-hydrogen) atoms. The zero-order valence-corrected chi connectivity index (χ0v) is 19.5. The van der Waals surface area contributed by atoms with Crippen molar-refractivity contribution in [3.05, 3.63) is 59.7 Å². The third-order valence-electron chi connectivity index (χ3n) is 6.78. The molecule has 4 rings (SSSR count). The van der Waals surface area contributed by atoms with Crippen LogP contribution in [-0.2, 0) is 14.3 Å². The van der Waals surface area contributed by atoms with Crippen molar-refractivity contribution in [3.8, 4) is 11.1 Å². The molecule has 0 bridgehead atoms. The summed E-state index contributed by atoms with van der Waals surface area (Å²) in [6.07, 6.45) is 2.72. The molecule has 0 aromatic heterocycles. The maximum Gasteiger partial charge on any atom is 0.407 e. The monoisotopic (exact) mass is 464 g/mol. The van der Waals surface area contributed by atoms with E-state index in [0.717, 1.165) is 24.0 Å². The SMILES string of the molecule is CC[C@H](CC(=O)O)NC(=O)C(CNC(=O)OCC1c2ccccc2-c2ccccc21)CC1CC1. The molecule has 2 atom stereocenters. The first-order chi connectivity index (χ1) is 16.5. The van der Waals surface area contributed by atoms with E-state index in [-0.39, 0.29) is 31.4 Å². The van der Waals surface area contributed by atoms with Crippen molar-refractivity contribution in [1.29, 1.82) is 0 Å². The first kappa shape index (κ1) is 23.8. The number of rotatable bonds is 11. The van der Waals surface area contributed by atoms with E-state index in [2.05, 4.69) is 34.9 Å². The van der Waals surface area contributed by atoms with Crippen molar-refractivity contribution < 1.29 is 24.2 Å². The Morgan fingerprint density at radius 1 is 1.03 bits per heavy atom. The Morgan fingerprint density at radius 2 is 1.65 bits per heavy atom. The van der Waals surface area contributed by atoms with Gasteiger partial charge in [0.15, 0.2) is 0 Å². The summed E-state index contributed by atoms with van der Waals surface area (Å²) in [4.78, 5) is 36.4. The highest BCUT2D eigenvalue weighted by atomic mass is 16.5. The smallest absolute Gasteiger partial charge is 0.407 e. The molecule has 180 valence electrons. The Morgan fingerprint density at radius 3 is 2.21 bits per heavy atom. The molecule has 1 fully saturated rings. The molecule has 2 aromatic carbocycles. The summed E-state index contributed by atoms with van der Waals surface area (Å²) in [6, 6.07) is 15.9. The summed E-state index contributed by atoms with van der Waals surface area (Å²) >= 11 is 0. The molecule has 1 saturated carbocycles. The Labute approximate surface area is 199 Å². The van der Waals surface area contributed by atoms with Crippen molar-refractivity contribution in [3.63, 3.8) is 0 Å². The lowest BCUT2D eigenvalue weighted by Gasteiger charge is -2.21. The number of benzene rings is 2. The molecule has 2 aromatic rings. The van der Waals surface area contributed by atoms with Gasteiger partial charge >= 0.3 is 12.1 Å². The predicted octanol–water partition coefficient (Wildman–Crippen LogP) is 4.31. The minimum atomic E-state index is -0.942. The van der Waals surface area contributed by atoms with Crippen molar-refractivity contribution in [2.24, 2.45) is 11.8 Å². The quantitative estimate of drug-likeness (QED) is 0.460. The fourth-order valence-corrected chi connectivity index (χ4v) is 4.72. The van der Waals surface area contributed by atoms with Crippen LogP contribution in [0.3, 0.4) is 0 Å². The van der Waals surface area contributed by atoms with Crippen LogP contribution in [0.5, 0.6) is 0 Å². The summed E-state index contributed by atoms with van der Waals surface area (Å²) in [5.41, 5.74) is 4.62. The van der Waals surface area contributed by atoms with Crippen LogP contribution in [0.1, 0.15) is 56.1 Å². The Kier molecular flexibility index (Phi) is 7.50. The molecule has 0 radical (unpaired) electrons. The van der Waals surface area contributed by atoms with Crippen LogP contribution in [-0.4, -0.2) is 42.3 Å². The average Bonchev–Trinajstić information content (AvgIpc) is 3.60. The predicted molar refractivity (Wildman–Crippen MR) is 128 cm³/mol. The van der Waals surface area contributed by atoms with E-state index in [1.807, 2.05) is 31.2 Å². The number of carboxylic acid groups (broad SMARTS) is 1. The number of hydrogen-bond donors (Lipinski definition) is 3. The van der Waals surface area contributed by atoms with Crippen LogP contribution in [0.2, 0.25) is 0 Å². The van der Waals surface area contributed by atoms with E-state index < -0.39 is 24.0 Å². The van der Waals surface area contributed by atoms with E-state index >= 15 is 0 Å². The maximum absolute atomic E-state index is 12.8. The standard InChI is InChI=1S/C27H32N2O5/c1-2-19(14-25(30)31)29-26(32)18(13-17-11-12-17)15-28-27(33)34-16-24-22-9-5-3-7-20(22)21-8-4-6-10-23(21)24/h3-10,17-19,24H,2,11-16H2,1H3,(H,28,33)(H,29,32)(H,30,31)/t18?,19-/m1/s1. The summed E-state index contributed by atoms with van der Waals surface area (Å²) in [7, 11) is 0. The Balaban J connectivity index is 1.33. The number of nitrogens with one attached hydrogen (secondary N) is 2. The Bertz CT molecular complexity index is 1000. The van der Waals surface area contributed by atoms with Crippen LogP contribution in [0, 0.1) is 11.8 Å². The van der Waals surface area contributed by atoms with Crippen LogP contribution in [0.4, 0.5) is 4.79 Å². The summed E-state index contributed by atoms with van der Waals surface area (Å²) in [6.45, 7) is 2.23. The van der Waals surface area contributed by atoms with Gasteiger partial charge in [-0.25, -0.2) is 4.79 Å².